The number of pyridine rings is 1. The predicted octanol–water partition coefficient (Wildman–Crippen LogP) is 2.43. The van der Waals surface area contributed by atoms with Crippen LogP contribution in [0.1, 0.15) is 5.56 Å². The van der Waals surface area contributed by atoms with Gasteiger partial charge >= 0.3 is 5.76 Å². The zero-order valence-corrected chi connectivity index (χ0v) is 17.4. The van der Waals surface area contributed by atoms with E-state index in [2.05, 4.69) is 19.1 Å². The predicted molar refractivity (Wildman–Crippen MR) is 116 cm³/mol. The van der Waals surface area contributed by atoms with Gasteiger partial charge < -0.3 is 10.2 Å². The van der Waals surface area contributed by atoms with Crippen molar-refractivity contribution in [2.24, 2.45) is 0 Å². The molecule has 5 aromatic rings. The number of hydrogen-bond donors (Lipinski definition) is 2. The number of hydrogen-bond acceptors (Lipinski definition) is 9. The van der Waals surface area contributed by atoms with Crippen molar-refractivity contribution in [2.45, 2.75) is 11.4 Å². The van der Waals surface area contributed by atoms with Crippen LogP contribution in [0.25, 0.3) is 22.0 Å². The molecular weight excluding hydrogens is 440 g/mol. The molecule has 0 spiro atoms. The summed E-state index contributed by atoms with van der Waals surface area (Å²) in [6.45, 7) is 0.212. The third-order valence-electron chi connectivity index (χ3n) is 4.70. The fourth-order valence-electron chi connectivity index (χ4n) is 3.29. The summed E-state index contributed by atoms with van der Waals surface area (Å²) in [5.41, 5.74) is 8.59. The zero-order chi connectivity index (χ0) is 21.6. The molecule has 0 saturated carbocycles. The van der Waals surface area contributed by atoms with Gasteiger partial charge in [0.1, 0.15) is 6.33 Å². The molecule has 0 aliphatic carbocycles. The molecule has 0 atom stereocenters. The zero-order valence-electron chi connectivity index (χ0n) is 15.7. The monoisotopic (exact) mass is 454 g/mol. The van der Waals surface area contributed by atoms with Crippen molar-refractivity contribution >= 4 is 54.4 Å². The fraction of sp³-hybridized carbons (Fsp3) is 0.0526. The molecule has 5 rings (SSSR count). The van der Waals surface area contributed by atoms with Gasteiger partial charge in [-0.1, -0.05) is 12.1 Å². The first-order chi connectivity index (χ1) is 14.9. The number of rotatable bonds is 5. The average molecular weight is 454 g/mol. The van der Waals surface area contributed by atoms with E-state index < -0.39 is 15.8 Å². The van der Waals surface area contributed by atoms with Gasteiger partial charge in [0.05, 0.1) is 34.4 Å². The van der Waals surface area contributed by atoms with Crippen molar-refractivity contribution in [3.63, 3.8) is 0 Å². The minimum Gasteiger partial charge on any atom is -0.408 e. The molecule has 0 aliphatic rings. The van der Waals surface area contributed by atoms with Crippen LogP contribution in [0.2, 0.25) is 0 Å². The van der Waals surface area contributed by atoms with Crippen LogP contribution in [0.15, 0.2) is 69.1 Å². The molecule has 2 aromatic carbocycles. The Morgan fingerprint density at radius 3 is 2.84 bits per heavy atom. The molecule has 0 fully saturated rings. The van der Waals surface area contributed by atoms with Crippen LogP contribution >= 0.6 is 11.5 Å². The SMILES string of the molecule is Nc1cnc2cccc(Cn3c(=O)oc4cc(S(=O)(=O)Nc5ncns5)ccc43)c2c1. The Bertz CT molecular complexity index is 1590. The van der Waals surface area contributed by atoms with E-state index in [1.807, 2.05) is 18.2 Å². The van der Waals surface area contributed by atoms with E-state index in [1.165, 1.54) is 29.1 Å². The second kappa shape index (κ2) is 7.18. The molecule has 31 heavy (non-hydrogen) atoms. The van der Waals surface area contributed by atoms with Crippen molar-refractivity contribution in [1.82, 2.24) is 18.9 Å². The summed E-state index contributed by atoms with van der Waals surface area (Å²) in [6, 6.07) is 11.6. The minimum atomic E-state index is -3.91. The van der Waals surface area contributed by atoms with Crippen LogP contribution in [0.5, 0.6) is 0 Å². The second-order valence-corrected chi connectivity index (χ2v) is 9.15. The van der Waals surface area contributed by atoms with E-state index in [-0.39, 0.29) is 22.2 Å². The summed E-state index contributed by atoms with van der Waals surface area (Å²) in [6.07, 6.45) is 2.82. The van der Waals surface area contributed by atoms with Crippen molar-refractivity contribution in [3.8, 4) is 0 Å². The van der Waals surface area contributed by atoms with E-state index in [4.69, 9.17) is 10.2 Å². The maximum absolute atomic E-state index is 12.6. The van der Waals surface area contributed by atoms with Gasteiger partial charge in [0.25, 0.3) is 10.0 Å². The lowest BCUT2D eigenvalue weighted by atomic mass is 10.1. The van der Waals surface area contributed by atoms with Crippen molar-refractivity contribution < 1.29 is 12.8 Å². The molecule has 3 aromatic heterocycles. The summed E-state index contributed by atoms with van der Waals surface area (Å²) < 4.78 is 38.0. The van der Waals surface area contributed by atoms with E-state index in [0.717, 1.165) is 28.0 Å². The molecule has 0 aliphatic heterocycles. The van der Waals surface area contributed by atoms with Crippen LogP contribution in [-0.4, -0.2) is 27.3 Å². The van der Waals surface area contributed by atoms with Gasteiger partial charge in [-0.15, -0.1) is 0 Å². The number of nitrogens with zero attached hydrogens (tertiary/aromatic N) is 4. The third kappa shape index (κ3) is 3.51. The minimum absolute atomic E-state index is 0.0572. The summed E-state index contributed by atoms with van der Waals surface area (Å²) in [4.78, 5) is 20.6. The molecule has 12 heteroatoms. The molecule has 0 bridgehead atoms. The van der Waals surface area contributed by atoms with Crippen LogP contribution < -0.4 is 16.2 Å². The highest BCUT2D eigenvalue weighted by Gasteiger charge is 2.19. The van der Waals surface area contributed by atoms with E-state index in [1.54, 1.807) is 12.3 Å². The summed E-state index contributed by atoms with van der Waals surface area (Å²) in [5, 5.41) is 0.965. The van der Waals surface area contributed by atoms with Gasteiger partial charge in [-0.3, -0.25) is 14.3 Å². The maximum atomic E-state index is 12.6. The van der Waals surface area contributed by atoms with Gasteiger partial charge in [0.2, 0.25) is 5.13 Å². The molecule has 3 heterocycles. The largest absolute Gasteiger partial charge is 0.420 e. The number of oxazole rings is 1. The van der Waals surface area contributed by atoms with E-state index in [9.17, 15) is 13.2 Å². The number of nitrogen functional groups attached to an aromatic ring is 1. The first-order valence-electron chi connectivity index (χ1n) is 8.97. The highest BCUT2D eigenvalue weighted by atomic mass is 32.2. The number of nitrogens with two attached hydrogens (primary N) is 1. The van der Waals surface area contributed by atoms with Gasteiger partial charge in [-0.25, -0.2) is 18.2 Å². The summed E-state index contributed by atoms with van der Waals surface area (Å²) in [7, 11) is -3.91. The van der Waals surface area contributed by atoms with Gasteiger partial charge in [-0.2, -0.15) is 4.37 Å². The number of benzene rings is 2. The first kappa shape index (κ1) is 19.2. The molecule has 10 nitrogen and oxygen atoms in total. The van der Waals surface area contributed by atoms with Crippen LogP contribution in [-0.2, 0) is 16.6 Å². The van der Waals surface area contributed by atoms with E-state index >= 15 is 0 Å². The Morgan fingerprint density at radius 2 is 2.03 bits per heavy atom. The van der Waals surface area contributed by atoms with Gasteiger partial charge in [0.15, 0.2) is 5.58 Å². The van der Waals surface area contributed by atoms with Gasteiger partial charge in [-0.05, 0) is 29.8 Å². The number of anilines is 2. The standard InChI is InChI=1S/C19H14N6O4S2/c20-12-6-14-11(2-1-3-15(14)21-8-12)9-25-16-5-4-13(7-17(16)29-19(25)26)31(27,28)24-18-22-10-23-30-18/h1-8,10H,9,20H2,(H,22,23,24). The Kier molecular flexibility index (Phi) is 4.45. The molecule has 0 amide bonds. The lowest BCUT2D eigenvalue weighted by molar-refractivity contribution is 0.517. The molecule has 0 unspecified atom stereocenters. The Morgan fingerprint density at radius 1 is 1.16 bits per heavy atom. The Labute approximate surface area is 179 Å². The lowest BCUT2D eigenvalue weighted by Crippen LogP contribution is -2.15. The number of fused-ring (bicyclic) bond motifs is 2. The van der Waals surface area contributed by atoms with Crippen LogP contribution in [0, 0.1) is 0 Å². The molecule has 3 N–H and O–H groups in total. The van der Waals surface area contributed by atoms with Crippen molar-refractivity contribution in [1.29, 1.82) is 0 Å². The second-order valence-electron chi connectivity index (χ2n) is 6.69. The lowest BCUT2D eigenvalue weighted by Gasteiger charge is -2.08. The summed E-state index contributed by atoms with van der Waals surface area (Å²) in [5.74, 6) is -0.601. The molecular formula is C19H14N6O4S2. The normalized spacial score (nSPS) is 11.9. The highest BCUT2D eigenvalue weighted by molar-refractivity contribution is 7.93. The molecule has 0 radical (unpaired) electrons. The Hall–Kier alpha value is -3.77. The van der Waals surface area contributed by atoms with Crippen LogP contribution in [0.4, 0.5) is 10.8 Å². The smallest absolute Gasteiger partial charge is 0.408 e. The average Bonchev–Trinajstić information content (AvgIpc) is 3.35. The Balaban J connectivity index is 1.55. The molecule has 156 valence electrons. The third-order valence-corrected chi connectivity index (χ3v) is 6.74. The topological polar surface area (TPSA) is 146 Å². The van der Waals surface area contributed by atoms with E-state index in [0.29, 0.717) is 11.2 Å². The maximum Gasteiger partial charge on any atom is 0.420 e. The first-order valence-corrected chi connectivity index (χ1v) is 11.2. The van der Waals surface area contributed by atoms with Crippen molar-refractivity contribution in [3.05, 3.63) is 71.1 Å². The molecule has 0 saturated heterocycles. The number of sulfonamides is 1. The number of aromatic nitrogens is 4. The van der Waals surface area contributed by atoms with Gasteiger partial charge in [0, 0.05) is 23.0 Å². The highest BCUT2D eigenvalue weighted by Crippen LogP contribution is 2.24. The fourth-order valence-corrected chi connectivity index (χ4v) is 4.97. The van der Waals surface area contributed by atoms with Crippen molar-refractivity contribution in [2.75, 3.05) is 10.5 Å². The number of nitrogens with one attached hydrogen (secondary N) is 1. The van der Waals surface area contributed by atoms with Crippen LogP contribution in [0.3, 0.4) is 0 Å². The summed E-state index contributed by atoms with van der Waals surface area (Å²) >= 11 is 0.915. The quantitative estimate of drug-likeness (QED) is 0.412.